The molecule has 1 fully saturated rings. The van der Waals surface area contributed by atoms with Gasteiger partial charge in [0, 0.05) is 31.5 Å². The van der Waals surface area contributed by atoms with Crippen molar-refractivity contribution in [1.82, 2.24) is 4.31 Å². The molecule has 26 heavy (non-hydrogen) atoms. The molecule has 0 radical (unpaired) electrons. The van der Waals surface area contributed by atoms with Crippen molar-refractivity contribution in [1.29, 1.82) is 0 Å². The van der Waals surface area contributed by atoms with Crippen LogP contribution in [0.5, 0.6) is 0 Å². The highest BCUT2D eigenvalue weighted by molar-refractivity contribution is 7.89. The van der Waals surface area contributed by atoms with Crippen molar-refractivity contribution in [2.45, 2.75) is 37.2 Å². The Labute approximate surface area is 153 Å². The first-order chi connectivity index (χ1) is 12.3. The Balaban J connectivity index is 1.59. The van der Waals surface area contributed by atoms with Gasteiger partial charge < -0.3 is 4.74 Å². The third kappa shape index (κ3) is 2.56. The van der Waals surface area contributed by atoms with E-state index < -0.39 is 15.6 Å². The zero-order valence-corrected chi connectivity index (χ0v) is 15.7. The maximum Gasteiger partial charge on any atom is 0.339 e. The van der Waals surface area contributed by atoms with Crippen LogP contribution in [0, 0.1) is 13.8 Å². The number of ether oxygens (including phenoxy) is 1. The number of rotatable bonds is 2. The van der Waals surface area contributed by atoms with E-state index in [-0.39, 0.29) is 5.97 Å². The molecular weight excluding hydrogens is 350 g/mol. The van der Waals surface area contributed by atoms with Crippen molar-refractivity contribution in [2.75, 3.05) is 13.1 Å². The number of sulfonamides is 1. The normalized spacial score (nSPS) is 19.4. The number of hydrogen-bond donors (Lipinski definition) is 0. The summed E-state index contributed by atoms with van der Waals surface area (Å²) in [5, 5.41) is 0. The van der Waals surface area contributed by atoms with Crippen molar-refractivity contribution in [3.63, 3.8) is 0 Å². The summed E-state index contributed by atoms with van der Waals surface area (Å²) in [5.74, 6) is -0.314. The number of esters is 1. The first kappa shape index (κ1) is 17.2. The molecule has 2 aliphatic heterocycles. The number of carbonyl (C=O) groups excluding carboxylic acids is 1. The Morgan fingerprint density at radius 1 is 1.00 bits per heavy atom. The number of piperidine rings is 1. The average Bonchev–Trinajstić information content (AvgIpc) is 2.90. The van der Waals surface area contributed by atoms with Crippen LogP contribution in [0.4, 0.5) is 0 Å². The van der Waals surface area contributed by atoms with Gasteiger partial charge in [0.05, 0.1) is 10.5 Å². The Kier molecular flexibility index (Phi) is 3.93. The van der Waals surface area contributed by atoms with Crippen LogP contribution in [-0.2, 0) is 20.4 Å². The quantitative estimate of drug-likeness (QED) is 0.761. The highest BCUT2D eigenvalue weighted by Crippen LogP contribution is 2.44. The fraction of sp³-hybridized carbons (Fsp3) is 0.350. The summed E-state index contributed by atoms with van der Waals surface area (Å²) in [6.45, 7) is 4.53. The fourth-order valence-electron chi connectivity index (χ4n) is 3.83. The van der Waals surface area contributed by atoms with Gasteiger partial charge >= 0.3 is 5.97 Å². The van der Waals surface area contributed by atoms with Gasteiger partial charge in [-0.1, -0.05) is 24.3 Å². The highest BCUT2D eigenvalue weighted by Gasteiger charge is 2.48. The zero-order valence-electron chi connectivity index (χ0n) is 14.9. The van der Waals surface area contributed by atoms with E-state index in [2.05, 4.69) is 0 Å². The smallest absolute Gasteiger partial charge is 0.339 e. The molecule has 0 unspecified atom stereocenters. The molecule has 2 heterocycles. The molecule has 1 saturated heterocycles. The molecule has 0 N–H and O–H groups in total. The van der Waals surface area contributed by atoms with Crippen LogP contribution in [0.3, 0.4) is 0 Å². The fourth-order valence-corrected chi connectivity index (χ4v) is 5.36. The van der Waals surface area contributed by atoms with Crippen LogP contribution in [-0.4, -0.2) is 31.8 Å². The lowest BCUT2D eigenvalue weighted by Crippen LogP contribution is -2.45. The standard InChI is InChI=1S/C20H21NO4S/c1-14-7-8-16(13-15(14)2)26(23,24)21-11-9-20(10-12-21)18-6-4-3-5-17(18)19(22)25-20/h3-8,13H,9-12H2,1-2H3. The molecule has 5 nitrogen and oxygen atoms in total. The van der Waals surface area contributed by atoms with Crippen molar-refractivity contribution >= 4 is 16.0 Å². The lowest BCUT2D eigenvalue weighted by molar-refractivity contribution is -0.0329. The van der Waals surface area contributed by atoms with Crippen molar-refractivity contribution in [3.05, 3.63) is 64.7 Å². The minimum absolute atomic E-state index is 0.314. The lowest BCUT2D eigenvalue weighted by atomic mass is 9.84. The van der Waals surface area contributed by atoms with E-state index in [9.17, 15) is 13.2 Å². The maximum atomic E-state index is 13.0. The molecule has 0 saturated carbocycles. The minimum Gasteiger partial charge on any atom is -0.450 e. The summed E-state index contributed by atoms with van der Waals surface area (Å²) in [7, 11) is -3.55. The van der Waals surface area contributed by atoms with Gasteiger partial charge in [-0.2, -0.15) is 4.31 Å². The minimum atomic E-state index is -3.55. The van der Waals surface area contributed by atoms with E-state index in [1.54, 1.807) is 18.2 Å². The summed E-state index contributed by atoms with van der Waals surface area (Å²) in [5.41, 5.74) is 2.81. The van der Waals surface area contributed by atoms with Crippen LogP contribution >= 0.6 is 0 Å². The second-order valence-corrected chi connectivity index (χ2v) is 9.02. The van der Waals surface area contributed by atoms with Crippen LogP contribution in [0.2, 0.25) is 0 Å². The Morgan fingerprint density at radius 2 is 1.69 bits per heavy atom. The van der Waals surface area contributed by atoms with Gasteiger partial charge in [0.1, 0.15) is 5.60 Å². The molecule has 0 aromatic heterocycles. The number of fused-ring (bicyclic) bond motifs is 2. The van der Waals surface area contributed by atoms with Crippen LogP contribution in [0.1, 0.15) is 39.9 Å². The molecule has 0 amide bonds. The Morgan fingerprint density at radius 3 is 2.38 bits per heavy atom. The third-order valence-electron chi connectivity index (χ3n) is 5.57. The summed E-state index contributed by atoms with van der Waals surface area (Å²) in [6, 6.07) is 12.6. The maximum absolute atomic E-state index is 13.0. The molecule has 2 aliphatic rings. The molecule has 0 bridgehead atoms. The SMILES string of the molecule is Cc1ccc(S(=O)(=O)N2CCC3(CC2)OC(=O)c2ccccc23)cc1C. The zero-order chi connectivity index (χ0) is 18.5. The second kappa shape index (κ2) is 5.93. The summed E-state index contributed by atoms with van der Waals surface area (Å²) < 4.78 is 33.2. The predicted molar refractivity (Wildman–Crippen MR) is 97.4 cm³/mol. The van der Waals surface area contributed by atoms with E-state index in [4.69, 9.17) is 4.74 Å². The van der Waals surface area contributed by atoms with Crippen molar-refractivity contribution in [2.24, 2.45) is 0 Å². The Hall–Kier alpha value is -2.18. The first-order valence-corrected chi connectivity index (χ1v) is 10.2. The van der Waals surface area contributed by atoms with Gasteiger partial charge in [-0.15, -0.1) is 0 Å². The van der Waals surface area contributed by atoms with Gasteiger partial charge in [-0.05, 0) is 43.2 Å². The highest BCUT2D eigenvalue weighted by atomic mass is 32.2. The van der Waals surface area contributed by atoms with Crippen molar-refractivity contribution < 1.29 is 17.9 Å². The lowest BCUT2D eigenvalue weighted by Gasteiger charge is -2.37. The van der Waals surface area contributed by atoms with Crippen LogP contribution in [0.15, 0.2) is 47.4 Å². The average molecular weight is 371 g/mol. The molecule has 6 heteroatoms. The van der Waals surface area contributed by atoms with Crippen LogP contribution in [0.25, 0.3) is 0 Å². The summed E-state index contributed by atoms with van der Waals surface area (Å²) in [6.07, 6.45) is 0.944. The van der Waals surface area contributed by atoms with Gasteiger partial charge in [0.15, 0.2) is 0 Å². The van der Waals surface area contributed by atoms with Gasteiger partial charge in [0.2, 0.25) is 10.0 Å². The molecule has 136 valence electrons. The monoisotopic (exact) mass is 371 g/mol. The number of carbonyl (C=O) groups is 1. The number of nitrogens with zero attached hydrogens (tertiary/aromatic N) is 1. The summed E-state index contributed by atoms with van der Waals surface area (Å²) >= 11 is 0. The van der Waals surface area contributed by atoms with E-state index in [1.165, 1.54) is 4.31 Å². The predicted octanol–water partition coefficient (Wildman–Crippen LogP) is 3.15. The van der Waals surface area contributed by atoms with Gasteiger partial charge in [-0.3, -0.25) is 0 Å². The molecule has 2 aromatic carbocycles. The van der Waals surface area contributed by atoms with E-state index >= 15 is 0 Å². The van der Waals surface area contributed by atoms with E-state index in [0.717, 1.165) is 16.7 Å². The van der Waals surface area contributed by atoms with Crippen molar-refractivity contribution in [3.8, 4) is 0 Å². The molecule has 0 aliphatic carbocycles. The largest absolute Gasteiger partial charge is 0.450 e. The first-order valence-electron chi connectivity index (χ1n) is 8.74. The van der Waals surface area contributed by atoms with Gasteiger partial charge in [0.25, 0.3) is 0 Å². The third-order valence-corrected chi connectivity index (χ3v) is 7.47. The number of hydrogen-bond acceptors (Lipinski definition) is 4. The Bertz CT molecular complexity index is 989. The number of benzene rings is 2. The molecular formula is C20H21NO4S. The van der Waals surface area contributed by atoms with E-state index in [0.29, 0.717) is 36.4 Å². The molecule has 2 aromatic rings. The molecule has 4 rings (SSSR count). The van der Waals surface area contributed by atoms with E-state index in [1.807, 2.05) is 38.1 Å². The molecule has 0 atom stereocenters. The molecule has 1 spiro atoms. The van der Waals surface area contributed by atoms with Crippen LogP contribution < -0.4 is 0 Å². The topological polar surface area (TPSA) is 63.7 Å². The van der Waals surface area contributed by atoms with Gasteiger partial charge in [-0.25, -0.2) is 13.2 Å². The summed E-state index contributed by atoms with van der Waals surface area (Å²) in [4.78, 5) is 12.5. The number of aryl methyl sites for hydroxylation is 2. The second-order valence-electron chi connectivity index (χ2n) is 7.08.